The van der Waals surface area contributed by atoms with Gasteiger partial charge in [-0.3, -0.25) is 4.72 Å². The van der Waals surface area contributed by atoms with Crippen molar-refractivity contribution in [2.75, 3.05) is 17.1 Å². The van der Waals surface area contributed by atoms with Crippen molar-refractivity contribution in [3.63, 3.8) is 0 Å². The van der Waals surface area contributed by atoms with Gasteiger partial charge in [-0.1, -0.05) is 12.1 Å². The van der Waals surface area contributed by atoms with Crippen molar-refractivity contribution in [2.24, 2.45) is 0 Å². The number of rotatable bonds is 8. The lowest BCUT2D eigenvalue weighted by Crippen LogP contribution is -2.16. The Bertz CT molecular complexity index is 1540. The number of nitrogens with zero attached hydrogens (tertiary/aromatic N) is 2. The molecule has 0 aliphatic heterocycles. The Balaban J connectivity index is 1.51. The quantitative estimate of drug-likeness (QED) is 0.285. The van der Waals surface area contributed by atoms with Gasteiger partial charge in [0.15, 0.2) is 33.3 Å². The minimum atomic E-state index is -4.08. The van der Waals surface area contributed by atoms with Gasteiger partial charge in [0.25, 0.3) is 10.0 Å². The molecule has 0 spiro atoms. The molecule has 188 valence electrons. The molecule has 4 aromatic rings. The minimum Gasteiger partial charge on any atom is -0.504 e. The van der Waals surface area contributed by atoms with Gasteiger partial charge < -0.3 is 15.2 Å². The summed E-state index contributed by atoms with van der Waals surface area (Å²) < 4.78 is 60.4. The molecule has 0 atom stereocenters. The van der Waals surface area contributed by atoms with Crippen LogP contribution >= 0.6 is 11.3 Å². The van der Waals surface area contributed by atoms with Crippen molar-refractivity contribution in [1.29, 1.82) is 0 Å². The summed E-state index contributed by atoms with van der Waals surface area (Å²) in [5.74, 6) is -1.63. The number of phenolic OH excluding ortho intramolecular Hbond substituents is 1. The van der Waals surface area contributed by atoms with E-state index in [2.05, 4.69) is 20.0 Å². The molecule has 3 N–H and O–H groups in total. The van der Waals surface area contributed by atoms with Crippen molar-refractivity contribution < 1.29 is 27.0 Å². The third kappa shape index (κ3) is 5.24. The first kappa shape index (κ1) is 25.3. The van der Waals surface area contributed by atoms with Gasteiger partial charge in [0.1, 0.15) is 0 Å². The van der Waals surface area contributed by atoms with Crippen LogP contribution in [0.15, 0.2) is 53.7 Å². The number of halogens is 2. The fourth-order valence-electron chi connectivity index (χ4n) is 3.53. The number of para-hydroxylation sites is 1. The van der Waals surface area contributed by atoms with Gasteiger partial charge >= 0.3 is 0 Å². The molecule has 0 aliphatic carbocycles. The molecule has 2 aromatic heterocycles. The van der Waals surface area contributed by atoms with Gasteiger partial charge in [0.05, 0.1) is 24.7 Å². The number of ether oxygens (including phenoxy) is 1. The molecule has 36 heavy (non-hydrogen) atoms. The Labute approximate surface area is 210 Å². The van der Waals surface area contributed by atoms with Crippen LogP contribution in [-0.4, -0.2) is 30.6 Å². The summed E-state index contributed by atoms with van der Waals surface area (Å²) in [5.41, 5.74) is 2.22. The molecular weight excluding hydrogens is 510 g/mol. The molecular formula is C24H22F2N4O4S2. The average molecular weight is 533 g/mol. The van der Waals surface area contributed by atoms with Gasteiger partial charge in [0.2, 0.25) is 0 Å². The number of anilines is 2. The SMILES string of the molecule is COc1cccc(CNc2cnc(S(=O)(=O)Nc3nc(-c4ccc(F)c(F)c4)c(C)s3)c(C)c2)c1O. The third-order valence-corrected chi connectivity index (χ3v) is 7.70. The summed E-state index contributed by atoms with van der Waals surface area (Å²) >= 11 is 1.07. The van der Waals surface area contributed by atoms with Crippen LogP contribution in [0, 0.1) is 25.5 Å². The molecule has 0 amide bonds. The Hall–Kier alpha value is -3.77. The summed E-state index contributed by atoms with van der Waals surface area (Å²) in [7, 11) is -2.61. The predicted molar refractivity (Wildman–Crippen MR) is 134 cm³/mol. The molecule has 12 heteroatoms. The second-order valence-corrected chi connectivity index (χ2v) is 10.6. The summed E-state index contributed by atoms with van der Waals surface area (Å²) in [6.45, 7) is 3.57. The van der Waals surface area contributed by atoms with Crippen LogP contribution in [-0.2, 0) is 16.6 Å². The first-order valence-electron chi connectivity index (χ1n) is 10.6. The predicted octanol–water partition coefficient (Wildman–Crippen LogP) is 5.23. The zero-order valence-electron chi connectivity index (χ0n) is 19.5. The highest BCUT2D eigenvalue weighted by Gasteiger charge is 2.22. The van der Waals surface area contributed by atoms with Crippen LogP contribution in [0.1, 0.15) is 16.0 Å². The fourth-order valence-corrected chi connectivity index (χ4v) is 5.76. The van der Waals surface area contributed by atoms with Crippen LogP contribution in [0.5, 0.6) is 11.5 Å². The average Bonchev–Trinajstić information content (AvgIpc) is 3.19. The maximum atomic E-state index is 13.6. The Morgan fingerprint density at radius 2 is 1.89 bits per heavy atom. The highest BCUT2D eigenvalue weighted by Crippen LogP contribution is 2.33. The van der Waals surface area contributed by atoms with Crippen molar-refractivity contribution >= 4 is 32.2 Å². The van der Waals surface area contributed by atoms with Crippen LogP contribution in [0.3, 0.4) is 0 Å². The number of thiazole rings is 1. The molecule has 0 saturated carbocycles. The van der Waals surface area contributed by atoms with E-state index in [-0.39, 0.29) is 22.5 Å². The zero-order chi connectivity index (χ0) is 26.0. The number of methoxy groups -OCH3 is 1. The molecule has 0 fully saturated rings. The number of hydrogen-bond donors (Lipinski definition) is 3. The Kier molecular flexibility index (Phi) is 7.09. The Morgan fingerprint density at radius 3 is 2.58 bits per heavy atom. The summed E-state index contributed by atoms with van der Waals surface area (Å²) in [4.78, 5) is 9.00. The van der Waals surface area contributed by atoms with Gasteiger partial charge in [-0.25, -0.2) is 18.7 Å². The van der Waals surface area contributed by atoms with Gasteiger partial charge in [-0.2, -0.15) is 8.42 Å². The van der Waals surface area contributed by atoms with Crippen molar-refractivity contribution in [2.45, 2.75) is 25.4 Å². The van der Waals surface area contributed by atoms with E-state index < -0.39 is 21.7 Å². The molecule has 2 aromatic carbocycles. The number of sulfonamides is 1. The first-order chi connectivity index (χ1) is 17.1. The number of phenols is 1. The number of aryl methyl sites for hydroxylation is 2. The number of aromatic nitrogens is 2. The highest BCUT2D eigenvalue weighted by molar-refractivity contribution is 7.92. The van der Waals surface area contributed by atoms with Crippen LogP contribution in [0.4, 0.5) is 19.6 Å². The molecule has 0 radical (unpaired) electrons. The third-order valence-electron chi connectivity index (χ3n) is 5.28. The second kappa shape index (κ2) is 10.1. The van der Waals surface area contributed by atoms with Crippen LogP contribution < -0.4 is 14.8 Å². The fraction of sp³-hybridized carbons (Fsp3) is 0.167. The monoisotopic (exact) mass is 532 g/mol. The van der Waals surface area contributed by atoms with E-state index in [0.29, 0.717) is 38.7 Å². The van der Waals surface area contributed by atoms with E-state index in [0.717, 1.165) is 23.5 Å². The molecule has 0 bridgehead atoms. The van der Waals surface area contributed by atoms with E-state index in [1.54, 1.807) is 38.1 Å². The van der Waals surface area contributed by atoms with E-state index in [1.165, 1.54) is 19.4 Å². The van der Waals surface area contributed by atoms with Gasteiger partial charge in [0, 0.05) is 22.5 Å². The molecule has 2 heterocycles. The van der Waals surface area contributed by atoms with E-state index in [9.17, 15) is 22.3 Å². The van der Waals surface area contributed by atoms with E-state index >= 15 is 0 Å². The van der Waals surface area contributed by atoms with Crippen LogP contribution in [0.2, 0.25) is 0 Å². The van der Waals surface area contributed by atoms with Gasteiger partial charge in [-0.15, -0.1) is 11.3 Å². The first-order valence-corrected chi connectivity index (χ1v) is 12.9. The van der Waals surface area contributed by atoms with Gasteiger partial charge in [-0.05, 0) is 49.7 Å². The maximum Gasteiger partial charge on any atom is 0.281 e. The standard InChI is InChI=1S/C24H22F2N4O4S2/c1-13-9-17(27-11-16-5-4-6-20(34-3)22(16)31)12-28-23(13)36(32,33)30-24-29-21(14(2)35-24)15-7-8-18(25)19(26)10-15/h4-10,12,27,31H,11H2,1-3H3,(H,29,30). The summed E-state index contributed by atoms with van der Waals surface area (Å²) in [5, 5.41) is 13.2. The van der Waals surface area contributed by atoms with Crippen molar-refractivity contribution in [1.82, 2.24) is 9.97 Å². The normalized spacial score (nSPS) is 11.4. The molecule has 0 aliphatic rings. The zero-order valence-corrected chi connectivity index (χ0v) is 21.1. The lowest BCUT2D eigenvalue weighted by atomic mass is 10.1. The topological polar surface area (TPSA) is 113 Å². The molecule has 0 unspecified atom stereocenters. The van der Waals surface area contributed by atoms with Crippen molar-refractivity contribution in [3.05, 3.63) is 76.3 Å². The molecule has 4 rings (SSSR count). The van der Waals surface area contributed by atoms with E-state index in [1.807, 2.05) is 0 Å². The number of nitrogens with one attached hydrogen (secondary N) is 2. The smallest absolute Gasteiger partial charge is 0.281 e. The second-order valence-electron chi connectivity index (χ2n) is 7.83. The van der Waals surface area contributed by atoms with Crippen LogP contribution in [0.25, 0.3) is 11.3 Å². The summed E-state index contributed by atoms with van der Waals surface area (Å²) in [6, 6.07) is 10.1. The molecule has 0 saturated heterocycles. The molecule has 8 nitrogen and oxygen atoms in total. The lowest BCUT2D eigenvalue weighted by Gasteiger charge is -2.12. The summed E-state index contributed by atoms with van der Waals surface area (Å²) in [6.07, 6.45) is 1.37. The highest BCUT2D eigenvalue weighted by atomic mass is 32.2. The number of pyridine rings is 1. The largest absolute Gasteiger partial charge is 0.504 e. The van der Waals surface area contributed by atoms with Crippen molar-refractivity contribution in [3.8, 4) is 22.8 Å². The minimum absolute atomic E-state index is 0.0158. The number of hydrogen-bond acceptors (Lipinski definition) is 8. The maximum absolute atomic E-state index is 13.6. The van der Waals surface area contributed by atoms with E-state index in [4.69, 9.17) is 4.74 Å². The number of benzene rings is 2. The number of aromatic hydroxyl groups is 1. The lowest BCUT2D eigenvalue weighted by molar-refractivity contribution is 0.371. The Morgan fingerprint density at radius 1 is 1.11 bits per heavy atom.